The number of carbonyl (C=O) groups is 1. The highest BCUT2D eigenvalue weighted by Crippen LogP contribution is 2.23. The summed E-state index contributed by atoms with van der Waals surface area (Å²) < 4.78 is 34.4. The Morgan fingerprint density at radius 3 is 2.27 bits per heavy atom. The smallest absolute Gasteiger partial charge is 0.243 e. The molecule has 8 heteroatoms. The van der Waals surface area contributed by atoms with Crippen LogP contribution in [0.1, 0.15) is 5.56 Å². The average molecular weight is 489 g/mol. The fourth-order valence-electron chi connectivity index (χ4n) is 2.87. The van der Waals surface area contributed by atoms with Gasteiger partial charge >= 0.3 is 0 Å². The largest absolute Gasteiger partial charge is 0.495 e. The minimum Gasteiger partial charge on any atom is -0.495 e. The van der Waals surface area contributed by atoms with Crippen molar-refractivity contribution in [2.45, 2.75) is 17.4 Å². The molecule has 0 aliphatic rings. The highest BCUT2D eigenvalue weighted by Gasteiger charge is 2.26. The van der Waals surface area contributed by atoms with Crippen LogP contribution in [0.3, 0.4) is 0 Å². The molecular weight excluding hydrogens is 468 g/mol. The molecule has 0 fully saturated rings. The summed E-state index contributed by atoms with van der Waals surface area (Å²) in [5, 5.41) is 2.77. The van der Waals surface area contributed by atoms with E-state index in [0.717, 1.165) is 10.0 Å². The van der Waals surface area contributed by atoms with E-state index in [0.29, 0.717) is 11.4 Å². The van der Waals surface area contributed by atoms with E-state index in [2.05, 4.69) is 26.0 Å². The van der Waals surface area contributed by atoms with Gasteiger partial charge in [0.05, 0.1) is 17.7 Å². The fraction of sp³-hybridized carbons (Fsp3) is 0.136. The number of rotatable bonds is 8. The Kier molecular flexibility index (Phi) is 7.25. The van der Waals surface area contributed by atoms with Gasteiger partial charge in [0.1, 0.15) is 11.8 Å². The van der Waals surface area contributed by atoms with Crippen LogP contribution in [0.25, 0.3) is 0 Å². The van der Waals surface area contributed by atoms with Crippen molar-refractivity contribution >= 4 is 37.5 Å². The van der Waals surface area contributed by atoms with Crippen LogP contribution in [0.15, 0.2) is 88.2 Å². The van der Waals surface area contributed by atoms with Crippen molar-refractivity contribution in [3.8, 4) is 5.75 Å². The summed E-state index contributed by atoms with van der Waals surface area (Å²) in [5.41, 5.74) is 1.29. The zero-order valence-corrected chi connectivity index (χ0v) is 18.6. The van der Waals surface area contributed by atoms with Crippen LogP contribution >= 0.6 is 15.9 Å². The molecule has 0 unspecified atom stereocenters. The lowest BCUT2D eigenvalue weighted by Gasteiger charge is -2.19. The Bertz CT molecular complexity index is 1100. The average Bonchev–Trinajstić information content (AvgIpc) is 2.74. The lowest BCUT2D eigenvalue weighted by atomic mass is 10.1. The van der Waals surface area contributed by atoms with Crippen LogP contribution in [0.4, 0.5) is 5.69 Å². The van der Waals surface area contributed by atoms with Crippen molar-refractivity contribution in [3.63, 3.8) is 0 Å². The van der Waals surface area contributed by atoms with Gasteiger partial charge in [-0.2, -0.15) is 4.72 Å². The molecular formula is C22H21BrN2O4S. The van der Waals surface area contributed by atoms with Crippen molar-refractivity contribution in [1.82, 2.24) is 4.72 Å². The molecule has 0 saturated carbocycles. The Balaban J connectivity index is 1.88. The van der Waals surface area contributed by atoms with E-state index in [1.807, 2.05) is 30.3 Å². The van der Waals surface area contributed by atoms with Crippen LogP contribution in [0, 0.1) is 0 Å². The second-order valence-electron chi connectivity index (χ2n) is 6.51. The van der Waals surface area contributed by atoms with Gasteiger partial charge in [-0.1, -0.05) is 58.4 Å². The predicted molar refractivity (Wildman–Crippen MR) is 120 cm³/mol. The summed E-state index contributed by atoms with van der Waals surface area (Å²) in [6.45, 7) is 0. The van der Waals surface area contributed by atoms with Crippen molar-refractivity contribution < 1.29 is 17.9 Å². The second kappa shape index (κ2) is 9.88. The fourth-order valence-corrected chi connectivity index (χ4v) is 4.33. The number of halogens is 1. The number of amides is 1. The van der Waals surface area contributed by atoms with Crippen molar-refractivity contribution in [2.24, 2.45) is 0 Å². The van der Waals surface area contributed by atoms with E-state index < -0.39 is 22.0 Å². The van der Waals surface area contributed by atoms with Gasteiger partial charge in [0, 0.05) is 4.47 Å². The monoisotopic (exact) mass is 488 g/mol. The maximum Gasteiger partial charge on any atom is 0.243 e. The molecule has 3 rings (SSSR count). The molecule has 3 aromatic rings. The van der Waals surface area contributed by atoms with Gasteiger partial charge in [0.15, 0.2) is 0 Å². The first-order valence-electron chi connectivity index (χ1n) is 9.15. The maximum atomic E-state index is 13.0. The highest BCUT2D eigenvalue weighted by atomic mass is 79.9. The van der Waals surface area contributed by atoms with Crippen molar-refractivity contribution in [1.29, 1.82) is 0 Å². The summed E-state index contributed by atoms with van der Waals surface area (Å²) in [6.07, 6.45) is 0.192. The molecule has 0 spiro atoms. The summed E-state index contributed by atoms with van der Waals surface area (Å²) >= 11 is 3.29. The minimum absolute atomic E-state index is 0.0776. The third-order valence-corrected chi connectivity index (χ3v) is 6.40. The molecule has 0 saturated heterocycles. The van der Waals surface area contributed by atoms with Crippen LogP contribution < -0.4 is 14.8 Å². The number of hydrogen-bond acceptors (Lipinski definition) is 4. The van der Waals surface area contributed by atoms with E-state index in [1.54, 1.807) is 36.4 Å². The number of sulfonamides is 1. The Morgan fingerprint density at radius 1 is 0.967 bits per heavy atom. The van der Waals surface area contributed by atoms with E-state index >= 15 is 0 Å². The summed E-state index contributed by atoms with van der Waals surface area (Å²) in [7, 11) is -2.41. The lowest BCUT2D eigenvalue weighted by Crippen LogP contribution is -2.45. The lowest BCUT2D eigenvalue weighted by molar-refractivity contribution is -0.117. The Labute approximate surface area is 184 Å². The molecule has 6 nitrogen and oxygen atoms in total. The highest BCUT2D eigenvalue weighted by molar-refractivity contribution is 9.10. The molecule has 30 heavy (non-hydrogen) atoms. The molecule has 0 aliphatic carbocycles. The molecule has 0 aromatic heterocycles. The Hall–Kier alpha value is -2.68. The third-order valence-electron chi connectivity index (χ3n) is 4.39. The van der Waals surface area contributed by atoms with Gasteiger partial charge in [0.2, 0.25) is 15.9 Å². The van der Waals surface area contributed by atoms with Crippen LogP contribution in [0.2, 0.25) is 0 Å². The van der Waals surface area contributed by atoms with Gasteiger partial charge in [-0.05, 0) is 48.4 Å². The van der Waals surface area contributed by atoms with Crippen molar-refractivity contribution in [3.05, 3.63) is 88.9 Å². The quantitative estimate of drug-likeness (QED) is 0.502. The van der Waals surface area contributed by atoms with Crippen molar-refractivity contribution in [2.75, 3.05) is 12.4 Å². The molecule has 2 N–H and O–H groups in total. The molecule has 156 valence electrons. The van der Waals surface area contributed by atoms with Gasteiger partial charge in [0.25, 0.3) is 0 Å². The normalized spacial score (nSPS) is 12.2. The van der Waals surface area contributed by atoms with E-state index in [4.69, 9.17) is 4.74 Å². The number of hydrogen-bond donors (Lipinski definition) is 2. The molecule has 0 bridgehead atoms. The number of ether oxygens (including phenoxy) is 1. The summed E-state index contributed by atoms with van der Waals surface area (Å²) in [4.78, 5) is 13.1. The van der Waals surface area contributed by atoms with Crippen LogP contribution in [-0.2, 0) is 21.2 Å². The number of carbonyl (C=O) groups excluding carboxylic acids is 1. The SMILES string of the molecule is COc1ccccc1NC(=O)[C@@H](Cc1ccccc1)NS(=O)(=O)c1ccc(Br)cc1. The first-order chi connectivity index (χ1) is 14.4. The predicted octanol–water partition coefficient (Wildman–Crippen LogP) is 3.99. The molecule has 3 aromatic carbocycles. The minimum atomic E-state index is -3.91. The first-order valence-corrected chi connectivity index (χ1v) is 11.4. The van der Waals surface area contributed by atoms with E-state index in [9.17, 15) is 13.2 Å². The Morgan fingerprint density at radius 2 is 1.60 bits per heavy atom. The van der Waals surface area contributed by atoms with Crippen LogP contribution in [-0.4, -0.2) is 27.5 Å². The first kappa shape index (κ1) is 22.0. The number of benzene rings is 3. The van der Waals surface area contributed by atoms with Gasteiger partial charge in [-0.25, -0.2) is 8.42 Å². The van der Waals surface area contributed by atoms with Gasteiger partial charge < -0.3 is 10.1 Å². The third kappa shape index (κ3) is 5.69. The standard InChI is InChI=1S/C22H21BrN2O4S/c1-29-21-10-6-5-9-19(21)24-22(26)20(15-16-7-3-2-4-8-16)25-30(27,28)18-13-11-17(23)12-14-18/h2-14,20,25H,15H2,1H3,(H,24,26)/t20-/m1/s1. The van der Waals surface area contributed by atoms with Gasteiger partial charge in [-0.3, -0.25) is 4.79 Å². The number of para-hydroxylation sites is 2. The van der Waals surface area contributed by atoms with Gasteiger partial charge in [-0.15, -0.1) is 0 Å². The topological polar surface area (TPSA) is 84.5 Å². The zero-order valence-electron chi connectivity index (χ0n) is 16.2. The maximum absolute atomic E-state index is 13.0. The number of anilines is 1. The van der Waals surface area contributed by atoms with E-state index in [1.165, 1.54) is 19.2 Å². The molecule has 0 aliphatic heterocycles. The number of nitrogens with one attached hydrogen (secondary N) is 2. The molecule has 1 atom stereocenters. The summed E-state index contributed by atoms with van der Waals surface area (Å²) in [6, 6.07) is 21.4. The number of methoxy groups -OCH3 is 1. The zero-order chi connectivity index (χ0) is 21.6. The molecule has 1 amide bonds. The second-order valence-corrected chi connectivity index (χ2v) is 9.14. The molecule has 0 radical (unpaired) electrons. The van der Waals surface area contributed by atoms with Crippen LogP contribution in [0.5, 0.6) is 5.75 Å². The molecule has 0 heterocycles. The van der Waals surface area contributed by atoms with E-state index in [-0.39, 0.29) is 11.3 Å². The summed E-state index contributed by atoms with van der Waals surface area (Å²) in [5.74, 6) is 0.00381.